The maximum absolute atomic E-state index is 12.1. The lowest BCUT2D eigenvalue weighted by molar-refractivity contribution is 0.0957. The predicted octanol–water partition coefficient (Wildman–Crippen LogP) is 2.97. The molecule has 8 heteroatoms. The summed E-state index contributed by atoms with van der Waals surface area (Å²) in [7, 11) is 0. The molecule has 0 aliphatic heterocycles. The Bertz CT molecular complexity index is 788. The first-order chi connectivity index (χ1) is 13.0. The van der Waals surface area contributed by atoms with Gasteiger partial charge in [-0.1, -0.05) is 12.1 Å². The van der Waals surface area contributed by atoms with Gasteiger partial charge in [0.1, 0.15) is 4.88 Å². The number of aromatic nitrogens is 1. The quantitative estimate of drug-likeness (QED) is 0.272. The number of hydrogen-bond acceptors (Lipinski definition) is 5. The van der Waals surface area contributed by atoms with Crippen molar-refractivity contribution < 1.29 is 4.79 Å². The zero-order valence-electron chi connectivity index (χ0n) is 16.3. The minimum absolute atomic E-state index is 0.0805. The first-order valence-corrected chi connectivity index (χ1v) is 11.0. The number of guanidine groups is 1. The van der Waals surface area contributed by atoms with Gasteiger partial charge in [-0.15, -0.1) is 23.1 Å². The number of aliphatic imine (C=N–C) groups is 1. The number of hydrogen-bond donors (Lipinski definition) is 3. The number of nitrogens with zero attached hydrogens (tertiary/aromatic N) is 2. The Labute approximate surface area is 169 Å². The first-order valence-electron chi connectivity index (χ1n) is 8.89. The van der Waals surface area contributed by atoms with Crippen LogP contribution >= 0.6 is 23.1 Å². The fourth-order valence-electron chi connectivity index (χ4n) is 2.45. The van der Waals surface area contributed by atoms with E-state index < -0.39 is 0 Å². The van der Waals surface area contributed by atoms with Crippen LogP contribution in [0.15, 0.2) is 33.6 Å². The molecule has 1 aromatic heterocycles. The van der Waals surface area contributed by atoms with E-state index in [1.807, 2.05) is 13.8 Å². The van der Waals surface area contributed by atoms with E-state index in [0.29, 0.717) is 24.5 Å². The van der Waals surface area contributed by atoms with Crippen LogP contribution in [-0.4, -0.2) is 42.7 Å². The van der Waals surface area contributed by atoms with Crippen LogP contribution in [0.25, 0.3) is 0 Å². The number of thioether (sulfide) groups is 1. The summed E-state index contributed by atoms with van der Waals surface area (Å²) in [6.07, 6.45) is 2.08. The maximum atomic E-state index is 12.1. The number of thiazole rings is 1. The number of benzene rings is 1. The van der Waals surface area contributed by atoms with E-state index in [1.165, 1.54) is 27.4 Å². The van der Waals surface area contributed by atoms with E-state index in [1.54, 1.807) is 17.3 Å². The van der Waals surface area contributed by atoms with Crippen LogP contribution in [0.2, 0.25) is 0 Å². The summed E-state index contributed by atoms with van der Waals surface area (Å²) in [5.41, 5.74) is 4.91. The molecule has 6 nitrogen and oxygen atoms in total. The minimum atomic E-state index is -0.0805. The van der Waals surface area contributed by atoms with Crippen LogP contribution in [0.1, 0.15) is 33.4 Å². The van der Waals surface area contributed by atoms with Crippen molar-refractivity contribution in [2.75, 3.05) is 25.9 Å². The lowest BCUT2D eigenvalue weighted by atomic mass is 10.1. The predicted molar refractivity (Wildman–Crippen MR) is 115 cm³/mol. The van der Waals surface area contributed by atoms with Crippen molar-refractivity contribution in [2.24, 2.45) is 4.99 Å². The van der Waals surface area contributed by atoms with Gasteiger partial charge in [-0.2, -0.15) is 0 Å². The molecule has 146 valence electrons. The van der Waals surface area contributed by atoms with Crippen LogP contribution in [-0.2, 0) is 6.54 Å². The SMILES string of the molecule is CCNC(=NCc1ccc(C)cc1SC)NCCNC(=O)c1scnc1C. The standard InChI is InChI=1S/C19H27N5OS2/c1-5-20-19(23-11-15-7-6-13(2)10-16(15)26-4)22-9-8-21-18(25)17-14(3)24-12-27-17/h6-7,10,12H,5,8-9,11H2,1-4H3,(H,21,25)(H2,20,22,23). The van der Waals surface area contributed by atoms with E-state index >= 15 is 0 Å². The lowest BCUT2D eigenvalue weighted by Gasteiger charge is -2.12. The van der Waals surface area contributed by atoms with Gasteiger partial charge in [0, 0.05) is 24.5 Å². The number of rotatable bonds is 8. The molecule has 27 heavy (non-hydrogen) atoms. The number of amides is 1. The smallest absolute Gasteiger partial charge is 0.263 e. The van der Waals surface area contributed by atoms with Crippen LogP contribution in [0, 0.1) is 13.8 Å². The molecule has 0 aliphatic rings. The fourth-order valence-corrected chi connectivity index (χ4v) is 3.86. The molecular formula is C19H27N5OS2. The molecule has 0 unspecified atom stereocenters. The molecule has 1 amide bonds. The van der Waals surface area contributed by atoms with Crippen molar-refractivity contribution in [3.05, 3.63) is 45.4 Å². The van der Waals surface area contributed by atoms with Gasteiger partial charge in [-0.05, 0) is 44.2 Å². The van der Waals surface area contributed by atoms with Crippen LogP contribution < -0.4 is 16.0 Å². The van der Waals surface area contributed by atoms with Gasteiger partial charge in [-0.3, -0.25) is 4.79 Å². The molecule has 0 saturated carbocycles. The van der Waals surface area contributed by atoms with E-state index in [0.717, 1.165) is 18.2 Å². The van der Waals surface area contributed by atoms with Gasteiger partial charge >= 0.3 is 0 Å². The zero-order chi connectivity index (χ0) is 19.6. The van der Waals surface area contributed by atoms with Crippen LogP contribution in [0.4, 0.5) is 0 Å². The highest BCUT2D eigenvalue weighted by Crippen LogP contribution is 2.22. The minimum Gasteiger partial charge on any atom is -0.357 e. The summed E-state index contributed by atoms with van der Waals surface area (Å²) >= 11 is 3.10. The van der Waals surface area contributed by atoms with E-state index in [4.69, 9.17) is 0 Å². The highest BCUT2D eigenvalue weighted by atomic mass is 32.2. The number of nitrogens with one attached hydrogen (secondary N) is 3. The summed E-state index contributed by atoms with van der Waals surface area (Å²) in [5.74, 6) is 0.663. The molecule has 2 aromatic rings. The molecule has 0 spiro atoms. The van der Waals surface area contributed by atoms with Crippen molar-refractivity contribution in [3.8, 4) is 0 Å². The summed E-state index contributed by atoms with van der Waals surface area (Å²) in [5, 5.41) is 9.40. The number of aryl methyl sites for hydroxylation is 2. The Kier molecular flexibility index (Phi) is 8.60. The third kappa shape index (κ3) is 6.55. The van der Waals surface area contributed by atoms with Gasteiger partial charge in [0.15, 0.2) is 5.96 Å². The molecule has 1 heterocycles. The van der Waals surface area contributed by atoms with E-state index in [2.05, 4.69) is 57.3 Å². The van der Waals surface area contributed by atoms with Crippen molar-refractivity contribution in [3.63, 3.8) is 0 Å². The molecule has 2 rings (SSSR count). The van der Waals surface area contributed by atoms with Crippen molar-refractivity contribution in [2.45, 2.75) is 32.2 Å². The third-order valence-electron chi connectivity index (χ3n) is 3.85. The molecule has 0 radical (unpaired) electrons. The second-order valence-corrected chi connectivity index (χ2v) is 7.66. The lowest BCUT2D eigenvalue weighted by Crippen LogP contribution is -2.41. The van der Waals surface area contributed by atoms with Crippen molar-refractivity contribution in [1.82, 2.24) is 20.9 Å². The molecule has 1 aromatic carbocycles. The van der Waals surface area contributed by atoms with Crippen LogP contribution in [0.5, 0.6) is 0 Å². The van der Waals surface area contributed by atoms with Crippen LogP contribution in [0.3, 0.4) is 0 Å². The fraction of sp³-hybridized carbons (Fsp3) is 0.421. The Balaban J connectivity index is 1.87. The Morgan fingerprint density at radius 3 is 2.67 bits per heavy atom. The van der Waals surface area contributed by atoms with Crippen molar-refractivity contribution >= 4 is 35.0 Å². The number of carbonyl (C=O) groups is 1. The largest absolute Gasteiger partial charge is 0.357 e. The van der Waals surface area contributed by atoms with Gasteiger partial charge in [0.25, 0.3) is 5.91 Å². The van der Waals surface area contributed by atoms with Gasteiger partial charge in [0.2, 0.25) is 0 Å². The monoisotopic (exact) mass is 405 g/mol. The van der Waals surface area contributed by atoms with Crippen molar-refractivity contribution in [1.29, 1.82) is 0 Å². The third-order valence-corrected chi connectivity index (χ3v) is 5.60. The Morgan fingerprint density at radius 1 is 1.22 bits per heavy atom. The highest BCUT2D eigenvalue weighted by Gasteiger charge is 2.10. The Morgan fingerprint density at radius 2 is 2.00 bits per heavy atom. The topological polar surface area (TPSA) is 78.4 Å². The van der Waals surface area contributed by atoms with E-state index in [-0.39, 0.29) is 5.91 Å². The van der Waals surface area contributed by atoms with Gasteiger partial charge < -0.3 is 16.0 Å². The summed E-state index contributed by atoms with van der Waals surface area (Å²) in [4.78, 5) is 22.8. The average molecular weight is 406 g/mol. The summed E-state index contributed by atoms with van der Waals surface area (Å²) < 4.78 is 0. The summed E-state index contributed by atoms with van der Waals surface area (Å²) in [6.45, 7) is 8.47. The second kappa shape index (κ2) is 10.9. The van der Waals surface area contributed by atoms with Gasteiger partial charge in [-0.25, -0.2) is 9.98 Å². The molecule has 0 atom stereocenters. The summed E-state index contributed by atoms with van der Waals surface area (Å²) in [6, 6.07) is 6.43. The molecule has 3 N–H and O–H groups in total. The number of carbonyl (C=O) groups excluding carboxylic acids is 1. The average Bonchev–Trinajstić information content (AvgIpc) is 3.09. The maximum Gasteiger partial charge on any atom is 0.263 e. The first kappa shape index (κ1) is 21.2. The van der Waals surface area contributed by atoms with Gasteiger partial charge in [0.05, 0.1) is 17.7 Å². The molecule has 0 aliphatic carbocycles. The zero-order valence-corrected chi connectivity index (χ0v) is 17.9. The molecule has 0 bridgehead atoms. The Hall–Kier alpha value is -2.06. The van der Waals surface area contributed by atoms with E-state index in [9.17, 15) is 4.79 Å². The molecular weight excluding hydrogens is 378 g/mol. The highest BCUT2D eigenvalue weighted by molar-refractivity contribution is 7.98. The molecule has 0 saturated heterocycles. The normalized spacial score (nSPS) is 11.3. The second-order valence-electron chi connectivity index (χ2n) is 5.96. The molecule has 0 fully saturated rings.